The maximum Gasteiger partial charge on any atom is 0.268 e. The van der Waals surface area contributed by atoms with E-state index in [4.69, 9.17) is 23.1 Å². The van der Waals surface area contributed by atoms with E-state index in [1.54, 1.807) is 6.92 Å². The van der Waals surface area contributed by atoms with Crippen LogP contribution in [0.15, 0.2) is 18.2 Å². The zero-order valence-electron chi connectivity index (χ0n) is 14.7. The number of amides is 1. The van der Waals surface area contributed by atoms with Gasteiger partial charge in [-0.1, -0.05) is 11.6 Å². The highest BCUT2D eigenvalue weighted by Crippen LogP contribution is 2.34. The van der Waals surface area contributed by atoms with Gasteiger partial charge in [0.15, 0.2) is 0 Å². The van der Waals surface area contributed by atoms with E-state index in [0.717, 1.165) is 12.8 Å². The van der Waals surface area contributed by atoms with Gasteiger partial charge >= 0.3 is 0 Å². The third-order valence-corrected chi connectivity index (χ3v) is 5.01. The number of rotatable bonds is 3. The number of anilines is 1. The fourth-order valence-electron chi connectivity index (χ4n) is 3.11. The lowest BCUT2D eigenvalue weighted by Crippen LogP contribution is -2.48. The second-order valence-corrected chi connectivity index (χ2v) is 7.37. The average Bonchev–Trinajstić information content (AvgIpc) is 2.55. The van der Waals surface area contributed by atoms with Crippen LogP contribution in [0, 0.1) is 12.7 Å². The van der Waals surface area contributed by atoms with Crippen molar-refractivity contribution in [3.05, 3.63) is 40.4 Å². The van der Waals surface area contributed by atoms with Crippen LogP contribution >= 0.6 is 11.6 Å². The van der Waals surface area contributed by atoms with Gasteiger partial charge < -0.3 is 16.4 Å². The van der Waals surface area contributed by atoms with Crippen LogP contribution in [0.2, 0.25) is 5.02 Å². The molecule has 0 radical (unpaired) electrons. The van der Waals surface area contributed by atoms with Crippen molar-refractivity contribution in [3.63, 3.8) is 0 Å². The highest BCUT2D eigenvalue weighted by Gasteiger charge is 2.28. The highest BCUT2D eigenvalue weighted by molar-refractivity contribution is 6.33. The summed E-state index contributed by atoms with van der Waals surface area (Å²) < 4.78 is 13.4. The van der Waals surface area contributed by atoms with Crippen molar-refractivity contribution >= 4 is 23.5 Å². The Bertz CT molecular complexity index is 861. The third-order valence-electron chi connectivity index (χ3n) is 4.70. The van der Waals surface area contributed by atoms with E-state index in [-0.39, 0.29) is 16.3 Å². The van der Waals surface area contributed by atoms with E-state index in [2.05, 4.69) is 9.97 Å². The molecule has 8 heteroatoms. The zero-order chi connectivity index (χ0) is 19.1. The van der Waals surface area contributed by atoms with Crippen LogP contribution in [0.25, 0.3) is 11.1 Å². The summed E-state index contributed by atoms with van der Waals surface area (Å²) in [7, 11) is 0. The summed E-state index contributed by atoms with van der Waals surface area (Å²) in [5, 5.41) is 0.170. The van der Waals surface area contributed by atoms with Crippen LogP contribution in [0.3, 0.4) is 0 Å². The van der Waals surface area contributed by atoms with Gasteiger partial charge in [-0.3, -0.25) is 4.79 Å². The molecular formula is C18H21ClFN5O. The summed E-state index contributed by atoms with van der Waals surface area (Å²) in [6.07, 6.45) is 1.60. The predicted octanol–water partition coefficient (Wildman–Crippen LogP) is 2.66. The Morgan fingerprint density at radius 2 is 1.96 bits per heavy atom. The standard InChI is InChI=1S/C18H21ClFN5O/c1-10-14(12-4-3-11(20)9-13(12)19)15(16(21)26)24-17(23-10)25-7-5-18(2,22)6-8-25/h3-4,9H,5-8,22H2,1-2H3,(H2,21,26). The van der Waals surface area contributed by atoms with Crippen molar-refractivity contribution in [2.75, 3.05) is 18.0 Å². The molecule has 2 aromatic rings. The number of piperidine rings is 1. The molecule has 1 amide bonds. The summed E-state index contributed by atoms with van der Waals surface area (Å²) >= 11 is 6.16. The van der Waals surface area contributed by atoms with Crippen molar-refractivity contribution in [2.45, 2.75) is 32.2 Å². The SMILES string of the molecule is Cc1nc(N2CCC(C)(N)CC2)nc(C(N)=O)c1-c1ccc(F)cc1Cl. The first-order chi connectivity index (χ1) is 12.2. The minimum Gasteiger partial charge on any atom is -0.364 e. The van der Waals surface area contributed by atoms with E-state index >= 15 is 0 Å². The van der Waals surface area contributed by atoms with Crippen molar-refractivity contribution in [3.8, 4) is 11.1 Å². The van der Waals surface area contributed by atoms with E-state index in [1.165, 1.54) is 18.2 Å². The zero-order valence-corrected chi connectivity index (χ0v) is 15.5. The fourth-order valence-corrected chi connectivity index (χ4v) is 3.37. The molecule has 1 aliphatic heterocycles. The smallest absolute Gasteiger partial charge is 0.268 e. The number of halogens is 2. The third kappa shape index (κ3) is 3.64. The molecule has 1 aromatic heterocycles. The van der Waals surface area contributed by atoms with Crippen LogP contribution in [0.1, 0.15) is 35.9 Å². The summed E-state index contributed by atoms with van der Waals surface area (Å²) in [4.78, 5) is 23.0. The number of carbonyl (C=O) groups is 1. The molecule has 0 unspecified atom stereocenters. The lowest BCUT2D eigenvalue weighted by atomic mass is 9.91. The van der Waals surface area contributed by atoms with E-state index in [1.807, 2.05) is 11.8 Å². The molecule has 4 N–H and O–H groups in total. The second kappa shape index (κ2) is 6.81. The van der Waals surface area contributed by atoms with E-state index < -0.39 is 11.7 Å². The monoisotopic (exact) mass is 377 g/mol. The van der Waals surface area contributed by atoms with Crippen molar-refractivity contribution in [1.29, 1.82) is 0 Å². The lowest BCUT2D eigenvalue weighted by Gasteiger charge is -2.37. The molecule has 1 aromatic carbocycles. The Labute approximate surface area is 156 Å². The average molecular weight is 378 g/mol. The van der Waals surface area contributed by atoms with Gasteiger partial charge in [0, 0.05) is 29.8 Å². The molecule has 0 spiro atoms. The van der Waals surface area contributed by atoms with Crippen LogP contribution in [0.4, 0.5) is 10.3 Å². The molecule has 0 saturated carbocycles. The highest BCUT2D eigenvalue weighted by atomic mass is 35.5. The number of aryl methyl sites for hydroxylation is 1. The molecule has 1 saturated heterocycles. The second-order valence-electron chi connectivity index (χ2n) is 6.96. The number of benzene rings is 1. The van der Waals surface area contributed by atoms with Gasteiger partial charge in [0.1, 0.15) is 11.5 Å². The van der Waals surface area contributed by atoms with Gasteiger partial charge in [-0.25, -0.2) is 14.4 Å². The quantitative estimate of drug-likeness (QED) is 0.856. The van der Waals surface area contributed by atoms with Crippen LogP contribution in [-0.2, 0) is 0 Å². The molecule has 1 fully saturated rings. The topological polar surface area (TPSA) is 98.1 Å². The Morgan fingerprint density at radius 1 is 1.31 bits per heavy atom. The van der Waals surface area contributed by atoms with Crippen molar-refractivity contribution < 1.29 is 9.18 Å². The number of hydrogen-bond acceptors (Lipinski definition) is 5. The summed E-state index contributed by atoms with van der Waals surface area (Å²) in [6, 6.07) is 3.95. The number of carbonyl (C=O) groups excluding carboxylic acids is 1. The molecule has 0 aliphatic carbocycles. The van der Waals surface area contributed by atoms with Crippen LogP contribution in [-0.4, -0.2) is 34.5 Å². The number of hydrogen-bond donors (Lipinski definition) is 2. The van der Waals surface area contributed by atoms with Gasteiger partial charge in [0.2, 0.25) is 5.95 Å². The van der Waals surface area contributed by atoms with E-state index in [9.17, 15) is 9.18 Å². The Morgan fingerprint density at radius 3 is 2.54 bits per heavy atom. The minimum absolute atomic E-state index is 0.0714. The molecule has 1 aliphatic rings. The maximum atomic E-state index is 13.4. The van der Waals surface area contributed by atoms with Crippen LogP contribution < -0.4 is 16.4 Å². The fraction of sp³-hybridized carbons (Fsp3) is 0.389. The van der Waals surface area contributed by atoms with Gasteiger partial charge in [-0.15, -0.1) is 0 Å². The Kier molecular flexibility index (Phi) is 4.86. The van der Waals surface area contributed by atoms with Crippen molar-refractivity contribution in [1.82, 2.24) is 9.97 Å². The first-order valence-electron chi connectivity index (χ1n) is 8.36. The maximum absolute atomic E-state index is 13.4. The summed E-state index contributed by atoms with van der Waals surface area (Å²) in [5.74, 6) is -0.714. The molecule has 138 valence electrons. The van der Waals surface area contributed by atoms with Crippen molar-refractivity contribution in [2.24, 2.45) is 11.5 Å². The molecule has 3 rings (SSSR count). The van der Waals surface area contributed by atoms with Crippen LogP contribution in [0.5, 0.6) is 0 Å². The van der Waals surface area contributed by atoms with E-state index in [0.29, 0.717) is 35.9 Å². The van der Waals surface area contributed by atoms with Gasteiger partial charge in [0.25, 0.3) is 5.91 Å². The molecule has 6 nitrogen and oxygen atoms in total. The molecule has 0 atom stereocenters. The molecule has 2 heterocycles. The van der Waals surface area contributed by atoms with Gasteiger partial charge in [-0.05, 0) is 44.9 Å². The normalized spacial score (nSPS) is 16.6. The molecular weight excluding hydrogens is 357 g/mol. The number of nitrogens with zero attached hydrogens (tertiary/aromatic N) is 3. The number of aromatic nitrogens is 2. The summed E-state index contributed by atoms with van der Waals surface area (Å²) in [6.45, 7) is 5.16. The first-order valence-corrected chi connectivity index (χ1v) is 8.73. The largest absolute Gasteiger partial charge is 0.364 e. The van der Waals surface area contributed by atoms with Gasteiger partial charge in [0.05, 0.1) is 10.7 Å². The summed E-state index contributed by atoms with van der Waals surface area (Å²) in [5.41, 5.74) is 13.0. The van der Waals surface area contributed by atoms with Gasteiger partial charge in [-0.2, -0.15) is 0 Å². The first kappa shape index (κ1) is 18.5. The lowest BCUT2D eigenvalue weighted by molar-refractivity contribution is 0.0996. The number of nitrogens with two attached hydrogens (primary N) is 2. The number of primary amides is 1. The minimum atomic E-state index is -0.687. The predicted molar refractivity (Wildman–Crippen MR) is 99.7 cm³/mol. The Balaban J connectivity index is 2.06. The Hall–Kier alpha value is -2.25. The molecule has 0 bridgehead atoms. The molecule has 26 heavy (non-hydrogen) atoms.